The zero-order valence-corrected chi connectivity index (χ0v) is 26.3. The first-order valence-corrected chi connectivity index (χ1v) is 16.7. The molecule has 222 valence electrons. The number of fused-ring (bicyclic) bond motifs is 7. The van der Waals surface area contributed by atoms with Crippen molar-refractivity contribution < 1.29 is 0 Å². The van der Waals surface area contributed by atoms with Gasteiger partial charge >= 0.3 is 0 Å². The number of hydrogen-bond acceptors (Lipinski definition) is 0. The molecule has 0 heteroatoms. The molecule has 0 saturated carbocycles. The third-order valence-electron chi connectivity index (χ3n) is 10.2. The summed E-state index contributed by atoms with van der Waals surface area (Å²) in [7, 11) is 0. The summed E-state index contributed by atoms with van der Waals surface area (Å²) in [6.07, 6.45) is 0. The van der Waals surface area contributed by atoms with Crippen molar-refractivity contribution in [3.8, 4) is 33.4 Å². The van der Waals surface area contributed by atoms with Crippen molar-refractivity contribution in [3.05, 3.63) is 182 Å². The highest BCUT2D eigenvalue weighted by molar-refractivity contribution is 6.24. The Hall–Kier alpha value is -6.24. The van der Waals surface area contributed by atoms with E-state index in [-0.39, 0.29) is 0 Å². The summed E-state index contributed by atoms with van der Waals surface area (Å²) in [5.41, 5.74) is 7.61. The van der Waals surface area contributed by atoms with E-state index >= 15 is 0 Å². The van der Waals surface area contributed by atoms with Gasteiger partial charge < -0.3 is 0 Å². The Morgan fingerprint density at radius 3 is 1.31 bits per heavy atom. The maximum Gasteiger partial charge on any atom is -0.00201 e. The highest BCUT2D eigenvalue weighted by Gasteiger charge is 2.19. The molecule has 0 spiro atoms. The van der Waals surface area contributed by atoms with E-state index in [2.05, 4.69) is 182 Å². The third kappa shape index (κ3) is 4.03. The molecule has 10 aromatic carbocycles. The lowest BCUT2D eigenvalue weighted by Crippen LogP contribution is -1.92. The smallest absolute Gasteiger partial charge is 0.00201 e. The first-order valence-electron chi connectivity index (χ1n) is 16.7. The van der Waals surface area contributed by atoms with E-state index in [0.29, 0.717) is 0 Å². The number of benzene rings is 10. The van der Waals surface area contributed by atoms with Crippen molar-refractivity contribution in [1.29, 1.82) is 0 Å². The molecule has 0 aliphatic heterocycles. The first kappa shape index (κ1) is 26.9. The van der Waals surface area contributed by atoms with Gasteiger partial charge in [-0.2, -0.15) is 0 Å². The van der Waals surface area contributed by atoms with Crippen LogP contribution in [-0.2, 0) is 0 Å². The van der Waals surface area contributed by atoms with Crippen LogP contribution in [-0.4, -0.2) is 0 Å². The van der Waals surface area contributed by atoms with Crippen LogP contribution >= 0.6 is 0 Å². The van der Waals surface area contributed by atoms with Gasteiger partial charge in [-0.1, -0.05) is 170 Å². The molecule has 0 aliphatic rings. The molecule has 0 heterocycles. The molecule has 0 aromatic heterocycles. The van der Waals surface area contributed by atoms with Gasteiger partial charge in [-0.25, -0.2) is 0 Å². The maximum absolute atomic E-state index is 2.35. The summed E-state index contributed by atoms with van der Waals surface area (Å²) in [5, 5.41) is 15.3. The fourth-order valence-corrected chi connectivity index (χ4v) is 8.11. The Morgan fingerprint density at radius 1 is 0.208 bits per heavy atom. The lowest BCUT2D eigenvalue weighted by atomic mass is 9.84. The molecule has 0 atom stereocenters. The fourth-order valence-electron chi connectivity index (χ4n) is 8.11. The molecule has 10 aromatic rings. The van der Waals surface area contributed by atoms with Gasteiger partial charge in [0.2, 0.25) is 0 Å². The molecule has 10 rings (SSSR count). The number of hydrogen-bond donors (Lipinski definition) is 0. The second kappa shape index (κ2) is 10.7. The predicted molar refractivity (Wildman–Crippen MR) is 208 cm³/mol. The van der Waals surface area contributed by atoms with Gasteiger partial charge in [0.05, 0.1) is 0 Å². The lowest BCUT2D eigenvalue weighted by Gasteiger charge is -2.19. The molecular weight excluding hydrogens is 577 g/mol. The van der Waals surface area contributed by atoms with Crippen LogP contribution in [0.1, 0.15) is 0 Å². The van der Waals surface area contributed by atoms with Gasteiger partial charge in [-0.15, -0.1) is 0 Å². The van der Waals surface area contributed by atoms with E-state index in [1.807, 2.05) is 0 Å². The van der Waals surface area contributed by atoms with Gasteiger partial charge in [0.15, 0.2) is 0 Å². The van der Waals surface area contributed by atoms with Crippen molar-refractivity contribution in [2.75, 3.05) is 0 Å². The topological polar surface area (TPSA) is 0 Å². The Morgan fingerprint density at radius 2 is 0.667 bits per heavy atom. The quantitative estimate of drug-likeness (QED) is 0.139. The second-order valence-electron chi connectivity index (χ2n) is 12.8. The van der Waals surface area contributed by atoms with E-state index < -0.39 is 0 Å². The SMILES string of the molecule is c1ccc(-c2c3ccccc3c(-c3cccc4c(-c5cccc6c5ccc5cc7ccccc7cc56)cccc34)c3ccccc23)cc1. The van der Waals surface area contributed by atoms with Crippen LogP contribution in [0.2, 0.25) is 0 Å². The maximum atomic E-state index is 2.35. The fraction of sp³-hybridized carbons (Fsp3) is 0. The minimum atomic E-state index is 1.24. The van der Waals surface area contributed by atoms with Gasteiger partial charge in [-0.05, 0) is 110 Å². The zero-order chi connectivity index (χ0) is 31.6. The summed E-state index contributed by atoms with van der Waals surface area (Å²) >= 11 is 0. The molecule has 0 unspecified atom stereocenters. The minimum Gasteiger partial charge on any atom is -0.0622 e. The predicted octanol–water partition coefficient (Wildman–Crippen LogP) is 13.6. The largest absolute Gasteiger partial charge is 0.0622 e. The average molecular weight is 607 g/mol. The lowest BCUT2D eigenvalue weighted by molar-refractivity contribution is 1.66. The normalized spacial score (nSPS) is 11.8. The van der Waals surface area contributed by atoms with Gasteiger partial charge in [-0.3, -0.25) is 0 Å². The molecular formula is C48H30. The molecule has 0 bridgehead atoms. The van der Waals surface area contributed by atoms with Crippen molar-refractivity contribution in [3.63, 3.8) is 0 Å². The van der Waals surface area contributed by atoms with Crippen molar-refractivity contribution in [2.24, 2.45) is 0 Å². The molecule has 0 saturated heterocycles. The van der Waals surface area contributed by atoms with Crippen LogP contribution in [0.4, 0.5) is 0 Å². The van der Waals surface area contributed by atoms with Crippen molar-refractivity contribution in [1.82, 2.24) is 0 Å². The van der Waals surface area contributed by atoms with Crippen LogP contribution < -0.4 is 0 Å². The van der Waals surface area contributed by atoms with Crippen LogP contribution in [0.5, 0.6) is 0 Å². The van der Waals surface area contributed by atoms with E-state index in [1.54, 1.807) is 0 Å². The van der Waals surface area contributed by atoms with Crippen molar-refractivity contribution in [2.45, 2.75) is 0 Å². The summed E-state index contributed by atoms with van der Waals surface area (Å²) < 4.78 is 0. The second-order valence-corrected chi connectivity index (χ2v) is 12.8. The van der Waals surface area contributed by atoms with E-state index in [4.69, 9.17) is 0 Å². The Kier molecular flexibility index (Phi) is 5.98. The molecule has 0 fully saturated rings. The van der Waals surface area contributed by atoms with Crippen LogP contribution in [0.15, 0.2) is 182 Å². The summed E-state index contributed by atoms with van der Waals surface area (Å²) in [5.74, 6) is 0. The van der Waals surface area contributed by atoms with Crippen LogP contribution in [0.25, 0.3) is 98.0 Å². The standard InChI is InChI=1S/C48H30/c1-2-13-31(14-3-1)47-42-17-6-8-19-44(42)48(45-20-9-7-18-43(45)47)41-26-12-23-36-35(21-10-24-38(36)41)37-22-11-25-39-40(37)28-27-34-29-32-15-4-5-16-33(32)30-46(34)39/h1-30H. The first-order chi connectivity index (χ1) is 23.8. The summed E-state index contributed by atoms with van der Waals surface area (Å²) in [6, 6.07) is 67.1. The van der Waals surface area contributed by atoms with E-state index in [9.17, 15) is 0 Å². The molecule has 0 radical (unpaired) electrons. The Balaban J connectivity index is 1.25. The number of rotatable bonds is 3. The third-order valence-corrected chi connectivity index (χ3v) is 10.2. The highest BCUT2D eigenvalue weighted by Crippen LogP contribution is 2.46. The minimum absolute atomic E-state index is 1.24. The van der Waals surface area contributed by atoms with Crippen LogP contribution in [0.3, 0.4) is 0 Å². The van der Waals surface area contributed by atoms with Crippen molar-refractivity contribution >= 4 is 64.6 Å². The van der Waals surface area contributed by atoms with Crippen LogP contribution in [0, 0.1) is 0 Å². The highest BCUT2D eigenvalue weighted by atomic mass is 14.2. The molecule has 0 nitrogen and oxygen atoms in total. The van der Waals surface area contributed by atoms with Gasteiger partial charge in [0.25, 0.3) is 0 Å². The molecule has 0 aliphatic carbocycles. The zero-order valence-electron chi connectivity index (χ0n) is 26.3. The van der Waals surface area contributed by atoms with Gasteiger partial charge in [0.1, 0.15) is 0 Å². The molecule has 0 amide bonds. The Labute approximate surface area is 279 Å². The summed E-state index contributed by atoms with van der Waals surface area (Å²) in [6.45, 7) is 0. The monoisotopic (exact) mass is 606 g/mol. The van der Waals surface area contributed by atoms with E-state index in [1.165, 1.54) is 98.0 Å². The van der Waals surface area contributed by atoms with E-state index in [0.717, 1.165) is 0 Å². The summed E-state index contributed by atoms with van der Waals surface area (Å²) in [4.78, 5) is 0. The Bertz CT molecular complexity index is 2820. The molecule has 0 N–H and O–H groups in total. The average Bonchev–Trinajstić information content (AvgIpc) is 3.16. The van der Waals surface area contributed by atoms with Gasteiger partial charge in [0, 0.05) is 0 Å². The molecule has 48 heavy (non-hydrogen) atoms.